The van der Waals surface area contributed by atoms with Gasteiger partial charge in [0.15, 0.2) is 11.5 Å². The Morgan fingerprint density at radius 1 is 0.426 bits per heavy atom. The van der Waals surface area contributed by atoms with E-state index in [4.69, 9.17) is 16.5 Å². The molecule has 0 N–H and O–H groups in total. The van der Waals surface area contributed by atoms with Gasteiger partial charge in [0, 0.05) is 60.6 Å². The molecule has 0 saturated carbocycles. The number of fused-ring (bicyclic) bond motifs is 6. The van der Waals surface area contributed by atoms with Crippen LogP contribution in [-0.2, 0) is 0 Å². The highest BCUT2D eigenvalue weighted by molar-refractivity contribution is 6.12. The van der Waals surface area contributed by atoms with E-state index in [2.05, 4.69) is 166 Å². The molecule has 3 heterocycles. The van der Waals surface area contributed by atoms with Crippen molar-refractivity contribution in [1.82, 2.24) is 19.1 Å². The number of hydrogen-bond donors (Lipinski definition) is 0. The molecule has 12 aromatic rings. The molecule has 68 heavy (non-hydrogen) atoms. The van der Waals surface area contributed by atoms with Crippen LogP contribution >= 0.6 is 0 Å². The second kappa shape index (κ2) is 16.3. The minimum atomic E-state index is 0.264. The van der Waals surface area contributed by atoms with Crippen molar-refractivity contribution in [3.8, 4) is 79.7 Å². The van der Waals surface area contributed by atoms with Gasteiger partial charge in [0.25, 0.3) is 0 Å². The molecular formula is C61H35N7. The fourth-order valence-electron chi connectivity index (χ4n) is 9.76. The highest BCUT2D eigenvalue weighted by Crippen LogP contribution is 2.43. The Balaban J connectivity index is 1.12. The maximum atomic E-state index is 10.3. The van der Waals surface area contributed by atoms with Gasteiger partial charge < -0.3 is 9.13 Å². The number of nitrogens with zero attached hydrogens (tertiary/aromatic N) is 7. The highest BCUT2D eigenvalue weighted by atomic mass is 15.0. The Morgan fingerprint density at radius 2 is 1.00 bits per heavy atom. The Labute approximate surface area is 391 Å². The largest absolute Gasteiger partial charge is 0.309 e. The number of aromatic nitrogens is 4. The Bertz CT molecular complexity index is 3980. The van der Waals surface area contributed by atoms with Gasteiger partial charge in [-0.15, -0.1) is 0 Å². The lowest BCUT2D eigenvalue weighted by molar-refractivity contribution is 1.16. The molecule has 3 aromatic heterocycles. The number of nitriles is 2. The summed E-state index contributed by atoms with van der Waals surface area (Å²) in [4.78, 5) is 14.1. The smallest absolute Gasteiger partial charge is 0.197 e. The van der Waals surface area contributed by atoms with Gasteiger partial charge in [0.1, 0.15) is 0 Å². The average molecular weight is 866 g/mol. The SMILES string of the molecule is [C-]#[N+]c1cc(C#N)cc(C#N)c1-c1ccc2c(c1)c1ccccc1n2-c1ccc(-c2cc(-c3ccccc3)nc(-c3ccccc3)n2)cc1-c1cccc(-n2c3ccccc3c3ccccc32)c1. The molecule has 7 heteroatoms. The summed E-state index contributed by atoms with van der Waals surface area (Å²) in [6.45, 7) is 8.02. The normalized spacial score (nSPS) is 11.2. The molecule has 9 aromatic carbocycles. The summed E-state index contributed by atoms with van der Waals surface area (Å²) in [5.41, 5.74) is 14.8. The second-order valence-electron chi connectivity index (χ2n) is 16.7. The minimum Gasteiger partial charge on any atom is -0.309 e. The summed E-state index contributed by atoms with van der Waals surface area (Å²) in [5, 5.41) is 24.3. The van der Waals surface area contributed by atoms with Crippen molar-refractivity contribution in [3.05, 3.63) is 235 Å². The van der Waals surface area contributed by atoms with Crippen LogP contribution in [0.3, 0.4) is 0 Å². The third-order valence-electron chi connectivity index (χ3n) is 12.8. The van der Waals surface area contributed by atoms with Crippen molar-refractivity contribution in [2.24, 2.45) is 0 Å². The van der Waals surface area contributed by atoms with E-state index in [0.717, 1.165) is 89.0 Å². The lowest BCUT2D eigenvalue weighted by Gasteiger charge is -2.18. The number of para-hydroxylation sites is 3. The minimum absolute atomic E-state index is 0.264. The summed E-state index contributed by atoms with van der Waals surface area (Å²) in [5.74, 6) is 0.641. The molecule has 0 bridgehead atoms. The number of rotatable bonds is 7. The van der Waals surface area contributed by atoms with Gasteiger partial charge >= 0.3 is 0 Å². The van der Waals surface area contributed by atoms with Crippen LogP contribution in [0.5, 0.6) is 0 Å². The zero-order chi connectivity index (χ0) is 45.7. The van der Waals surface area contributed by atoms with Gasteiger partial charge in [0.05, 0.1) is 63.4 Å². The first-order chi connectivity index (χ1) is 33.6. The van der Waals surface area contributed by atoms with Crippen molar-refractivity contribution in [3.63, 3.8) is 0 Å². The summed E-state index contributed by atoms with van der Waals surface area (Å²) in [6.07, 6.45) is 0. The molecule has 0 fully saturated rings. The van der Waals surface area contributed by atoms with Crippen LogP contribution in [0.25, 0.3) is 116 Å². The molecule has 0 saturated heterocycles. The zero-order valence-corrected chi connectivity index (χ0v) is 36.3. The molecule has 0 aliphatic heterocycles. The molecule has 12 rings (SSSR count). The predicted molar refractivity (Wildman–Crippen MR) is 274 cm³/mol. The van der Waals surface area contributed by atoms with Crippen molar-refractivity contribution in [1.29, 1.82) is 10.5 Å². The van der Waals surface area contributed by atoms with E-state index in [1.54, 1.807) is 12.1 Å². The van der Waals surface area contributed by atoms with Crippen LogP contribution in [-0.4, -0.2) is 19.1 Å². The van der Waals surface area contributed by atoms with E-state index in [-0.39, 0.29) is 16.8 Å². The first-order valence-electron chi connectivity index (χ1n) is 22.2. The Kier molecular flexibility index (Phi) is 9.51. The third kappa shape index (κ3) is 6.57. The van der Waals surface area contributed by atoms with Crippen LogP contribution in [0.15, 0.2) is 212 Å². The standard InChI is InChI=1S/C61H35N7/c1-64-54-32-39(37-62)31-45(38-63)60(54)44-28-30-59-51(35-44)49-23-10-13-26-57(49)68(59)58-29-27-43(53-36-52(40-15-4-2-5-16-40)65-61(66-53)41-17-6-3-7-18-41)34-50(58)42-19-14-20-46(33-42)67-55-24-11-8-21-47(55)48-22-9-12-25-56(48)67/h2-36H. The Hall–Kier alpha value is -9.87. The molecule has 0 amide bonds. The third-order valence-corrected chi connectivity index (χ3v) is 12.8. The molecule has 0 atom stereocenters. The first-order valence-corrected chi connectivity index (χ1v) is 22.2. The van der Waals surface area contributed by atoms with Crippen LogP contribution in [0.1, 0.15) is 11.1 Å². The monoisotopic (exact) mass is 865 g/mol. The van der Waals surface area contributed by atoms with Gasteiger partial charge in [0.2, 0.25) is 0 Å². The molecule has 0 radical (unpaired) electrons. The Morgan fingerprint density at radius 3 is 1.66 bits per heavy atom. The number of hydrogen-bond acceptors (Lipinski definition) is 4. The van der Waals surface area contributed by atoms with Crippen molar-refractivity contribution < 1.29 is 0 Å². The van der Waals surface area contributed by atoms with E-state index in [1.807, 2.05) is 60.7 Å². The summed E-state index contributed by atoms with van der Waals surface area (Å²) in [7, 11) is 0. The van der Waals surface area contributed by atoms with E-state index in [1.165, 1.54) is 10.8 Å². The molecule has 0 aliphatic rings. The molecule has 7 nitrogen and oxygen atoms in total. The van der Waals surface area contributed by atoms with Gasteiger partial charge in [-0.2, -0.15) is 10.5 Å². The summed E-state index contributed by atoms with van der Waals surface area (Å²) >= 11 is 0. The first kappa shape index (κ1) is 39.7. The van der Waals surface area contributed by atoms with Gasteiger partial charge in [-0.05, 0) is 83.9 Å². The predicted octanol–water partition coefficient (Wildman–Crippen LogP) is 15.3. The van der Waals surface area contributed by atoms with Gasteiger partial charge in [-0.3, -0.25) is 0 Å². The summed E-state index contributed by atoms with van der Waals surface area (Å²) < 4.78 is 4.66. The van der Waals surface area contributed by atoms with Gasteiger partial charge in [-0.1, -0.05) is 140 Å². The lowest BCUT2D eigenvalue weighted by atomic mass is 9.95. The van der Waals surface area contributed by atoms with Crippen LogP contribution in [0, 0.1) is 29.2 Å². The quantitative estimate of drug-likeness (QED) is 0.149. The second-order valence-corrected chi connectivity index (χ2v) is 16.7. The molecule has 314 valence electrons. The highest BCUT2D eigenvalue weighted by Gasteiger charge is 2.21. The molecule has 0 spiro atoms. The number of benzene rings is 9. The fraction of sp³-hybridized carbons (Fsp3) is 0. The maximum absolute atomic E-state index is 10.3. The van der Waals surface area contributed by atoms with Crippen LogP contribution < -0.4 is 0 Å². The maximum Gasteiger partial charge on any atom is 0.197 e. The van der Waals surface area contributed by atoms with Crippen LogP contribution in [0.2, 0.25) is 0 Å². The average Bonchev–Trinajstić information content (AvgIpc) is 3.93. The van der Waals surface area contributed by atoms with E-state index in [0.29, 0.717) is 11.4 Å². The summed E-state index contributed by atoms with van der Waals surface area (Å²) in [6, 6.07) is 76.8. The van der Waals surface area contributed by atoms with E-state index < -0.39 is 0 Å². The van der Waals surface area contributed by atoms with Crippen molar-refractivity contribution in [2.45, 2.75) is 0 Å². The van der Waals surface area contributed by atoms with Crippen LogP contribution in [0.4, 0.5) is 5.69 Å². The lowest BCUT2D eigenvalue weighted by Crippen LogP contribution is -2.00. The molecule has 0 aliphatic carbocycles. The molecular weight excluding hydrogens is 831 g/mol. The zero-order valence-electron chi connectivity index (χ0n) is 36.3. The van der Waals surface area contributed by atoms with Crippen molar-refractivity contribution in [2.75, 3.05) is 0 Å². The van der Waals surface area contributed by atoms with E-state index >= 15 is 0 Å². The van der Waals surface area contributed by atoms with Gasteiger partial charge in [-0.25, -0.2) is 14.8 Å². The van der Waals surface area contributed by atoms with E-state index in [9.17, 15) is 10.5 Å². The topological polar surface area (TPSA) is 87.6 Å². The van der Waals surface area contributed by atoms with Crippen molar-refractivity contribution >= 4 is 49.3 Å². The fourth-order valence-corrected chi connectivity index (χ4v) is 9.76. The molecule has 0 unspecified atom stereocenters.